The van der Waals surface area contributed by atoms with Crippen LogP contribution in [0.15, 0.2) is 44.9 Å². The molecule has 124 valence electrons. The molecule has 0 spiro atoms. The number of carbonyl (C=O) groups excluding carboxylic acids is 1. The van der Waals surface area contributed by atoms with Gasteiger partial charge in [-0.25, -0.2) is 4.79 Å². The second-order valence-electron chi connectivity index (χ2n) is 5.04. The molecule has 1 aromatic carbocycles. The summed E-state index contributed by atoms with van der Waals surface area (Å²) >= 11 is 1.61. The number of non-ortho nitro benzene ring substituents is 1. The van der Waals surface area contributed by atoms with Gasteiger partial charge in [0, 0.05) is 17.5 Å². The van der Waals surface area contributed by atoms with Gasteiger partial charge in [0.15, 0.2) is 5.58 Å². The summed E-state index contributed by atoms with van der Waals surface area (Å²) in [5.74, 6) is -1.05. The van der Waals surface area contributed by atoms with Gasteiger partial charge in [-0.3, -0.25) is 19.5 Å². The van der Waals surface area contributed by atoms with E-state index in [1.165, 1.54) is 18.2 Å². The van der Waals surface area contributed by atoms with E-state index in [2.05, 4.69) is 5.32 Å². The topological polar surface area (TPSA) is 107 Å². The van der Waals surface area contributed by atoms with Crippen LogP contribution < -0.4 is 11.1 Å². The second-order valence-corrected chi connectivity index (χ2v) is 6.07. The number of nitrogens with one attached hydrogen (secondary N) is 1. The number of hydrogen-bond acceptors (Lipinski definition) is 6. The Morgan fingerprint density at radius 3 is 2.92 bits per heavy atom. The maximum atomic E-state index is 12.0. The number of hydrogen-bond donors (Lipinski definition) is 1. The van der Waals surface area contributed by atoms with E-state index in [1.807, 2.05) is 17.5 Å². The highest BCUT2D eigenvalue weighted by atomic mass is 32.1. The molecule has 0 fully saturated rings. The van der Waals surface area contributed by atoms with Crippen molar-refractivity contribution in [2.45, 2.75) is 13.0 Å². The molecule has 0 saturated heterocycles. The van der Waals surface area contributed by atoms with Crippen molar-refractivity contribution in [1.29, 1.82) is 0 Å². The molecule has 0 saturated carbocycles. The number of oxazole rings is 1. The van der Waals surface area contributed by atoms with Gasteiger partial charge >= 0.3 is 5.76 Å². The lowest BCUT2D eigenvalue weighted by atomic mass is 10.3. The number of aromatic nitrogens is 1. The summed E-state index contributed by atoms with van der Waals surface area (Å²) in [5, 5.41) is 15.5. The van der Waals surface area contributed by atoms with E-state index < -0.39 is 10.7 Å². The van der Waals surface area contributed by atoms with Gasteiger partial charge in [-0.1, -0.05) is 6.07 Å². The number of carbonyl (C=O) groups is 1. The molecule has 3 aromatic rings. The molecule has 0 aliphatic heterocycles. The van der Waals surface area contributed by atoms with Crippen molar-refractivity contribution in [3.05, 3.63) is 61.3 Å². The summed E-state index contributed by atoms with van der Waals surface area (Å²) in [7, 11) is 0. The van der Waals surface area contributed by atoms with Crippen molar-refractivity contribution in [1.82, 2.24) is 9.88 Å². The molecule has 1 N–H and O–H groups in total. The van der Waals surface area contributed by atoms with Crippen molar-refractivity contribution in [3.63, 3.8) is 0 Å². The molecular weight excluding hydrogens is 334 g/mol. The smallest absolute Gasteiger partial charge is 0.407 e. The Bertz CT molecular complexity index is 942. The van der Waals surface area contributed by atoms with Gasteiger partial charge in [-0.2, -0.15) is 0 Å². The number of amides is 1. The molecule has 1 amide bonds. The lowest BCUT2D eigenvalue weighted by molar-refractivity contribution is -0.384. The van der Waals surface area contributed by atoms with Crippen LogP contribution in [0.4, 0.5) is 5.69 Å². The van der Waals surface area contributed by atoms with Gasteiger partial charge in [0.25, 0.3) is 5.69 Å². The molecule has 0 radical (unpaired) electrons. The van der Waals surface area contributed by atoms with Crippen LogP contribution in [0.1, 0.15) is 4.88 Å². The van der Waals surface area contributed by atoms with Gasteiger partial charge in [0.1, 0.15) is 6.54 Å². The van der Waals surface area contributed by atoms with Gasteiger partial charge in [-0.05, 0) is 23.9 Å². The molecule has 24 heavy (non-hydrogen) atoms. The maximum Gasteiger partial charge on any atom is 0.420 e. The van der Waals surface area contributed by atoms with Gasteiger partial charge in [0.2, 0.25) is 5.91 Å². The summed E-state index contributed by atoms with van der Waals surface area (Å²) in [6.45, 7) is 0.267. The molecule has 0 atom stereocenters. The van der Waals surface area contributed by atoms with Crippen LogP contribution in [0.25, 0.3) is 11.1 Å². The molecule has 2 heterocycles. The number of nitrogens with zero attached hydrogens (tertiary/aromatic N) is 2. The Kier molecular flexibility index (Phi) is 4.43. The number of thiophene rings is 1. The van der Waals surface area contributed by atoms with Crippen molar-refractivity contribution < 1.29 is 14.1 Å². The van der Waals surface area contributed by atoms with E-state index in [-0.39, 0.29) is 23.7 Å². The maximum absolute atomic E-state index is 12.0. The zero-order valence-electron chi connectivity index (χ0n) is 12.4. The number of rotatable bonds is 6. The molecule has 0 aliphatic carbocycles. The van der Waals surface area contributed by atoms with Gasteiger partial charge in [0.05, 0.1) is 16.5 Å². The van der Waals surface area contributed by atoms with E-state index in [4.69, 9.17) is 4.42 Å². The Hall–Kier alpha value is -2.94. The fourth-order valence-corrected chi connectivity index (χ4v) is 3.01. The van der Waals surface area contributed by atoms with Crippen LogP contribution in [0.2, 0.25) is 0 Å². The molecule has 0 unspecified atom stereocenters. The number of benzene rings is 1. The standard InChI is InChI=1S/C15H13N3O5S/c19-14(16-6-5-11-2-1-7-24-11)9-17-12-4-3-10(18(21)22)8-13(12)23-15(17)20/h1-4,7-8H,5-6,9H2,(H,16,19). The monoisotopic (exact) mass is 347 g/mol. The van der Waals surface area contributed by atoms with E-state index >= 15 is 0 Å². The van der Waals surface area contributed by atoms with Crippen LogP contribution in [0.3, 0.4) is 0 Å². The number of nitro groups is 1. The predicted molar refractivity (Wildman–Crippen MR) is 88.2 cm³/mol. The van der Waals surface area contributed by atoms with Crippen LogP contribution in [-0.4, -0.2) is 21.9 Å². The Morgan fingerprint density at radius 2 is 2.21 bits per heavy atom. The summed E-state index contributed by atoms with van der Waals surface area (Å²) in [6.07, 6.45) is 0.719. The highest BCUT2D eigenvalue weighted by Gasteiger charge is 2.15. The molecule has 2 aromatic heterocycles. The highest BCUT2D eigenvalue weighted by molar-refractivity contribution is 7.09. The summed E-state index contributed by atoms with van der Waals surface area (Å²) in [5.41, 5.74) is 0.253. The minimum absolute atomic E-state index is 0.0839. The quantitative estimate of drug-likeness (QED) is 0.541. The average Bonchev–Trinajstić information content (AvgIpc) is 3.15. The van der Waals surface area contributed by atoms with Crippen LogP contribution in [-0.2, 0) is 17.8 Å². The van der Waals surface area contributed by atoms with Gasteiger partial charge in [-0.15, -0.1) is 11.3 Å². The minimum atomic E-state index is -0.723. The fourth-order valence-electron chi connectivity index (χ4n) is 2.30. The van der Waals surface area contributed by atoms with Crippen molar-refractivity contribution in [3.8, 4) is 0 Å². The summed E-state index contributed by atoms with van der Waals surface area (Å²) in [4.78, 5) is 35.2. The molecule has 0 aliphatic rings. The van der Waals surface area contributed by atoms with Crippen molar-refractivity contribution in [2.75, 3.05) is 6.54 Å². The Labute approximate surface area is 139 Å². The third-order valence-electron chi connectivity index (χ3n) is 3.44. The van der Waals surface area contributed by atoms with Crippen molar-refractivity contribution >= 4 is 34.0 Å². The highest BCUT2D eigenvalue weighted by Crippen LogP contribution is 2.19. The first-order chi connectivity index (χ1) is 11.5. The van der Waals surface area contributed by atoms with E-state index in [0.29, 0.717) is 12.1 Å². The first kappa shape index (κ1) is 15.9. The zero-order valence-corrected chi connectivity index (χ0v) is 13.2. The predicted octanol–water partition coefficient (Wildman–Crippen LogP) is 1.92. The lowest BCUT2D eigenvalue weighted by Gasteiger charge is -2.05. The number of nitro benzene ring substituents is 1. The van der Waals surface area contributed by atoms with Crippen LogP contribution >= 0.6 is 11.3 Å². The molecule has 8 nitrogen and oxygen atoms in total. The largest absolute Gasteiger partial charge is 0.420 e. The van der Waals surface area contributed by atoms with E-state index in [0.717, 1.165) is 15.9 Å². The summed E-state index contributed by atoms with van der Waals surface area (Å²) in [6, 6.07) is 7.76. The first-order valence-corrected chi connectivity index (χ1v) is 7.99. The van der Waals surface area contributed by atoms with Crippen molar-refractivity contribution in [2.24, 2.45) is 0 Å². The fraction of sp³-hybridized carbons (Fsp3) is 0.200. The molecule has 3 rings (SSSR count). The van der Waals surface area contributed by atoms with Crippen LogP contribution in [0.5, 0.6) is 0 Å². The molecule has 0 bridgehead atoms. The van der Waals surface area contributed by atoms with E-state index in [1.54, 1.807) is 11.3 Å². The SMILES string of the molecule is O=C(Cn1c(=O)oc2cc([N+](=O)[O-])ccc21)NCCc1cccs1. The Balaban J connectivity index is 1.70. The number of fused-ring (bicyclic) bond motifs is 1. The normalized spacial score (nSPS) is 10.8. The molecular formula is C15H13N3O5S. The molecule has 9 heteroatoms. The third kappa shape index (κ3) is 3.35. The van der Waals surface area contributed by atoms with Crippen LogP contribution in [0, 0.1) is 10.1 Å². The van der Waals surface area contributed by atoms with Gasteiger partial charge < -0.3 is 9.73 Å². The van der Waals surface area contributed by atoms with E-state index in [9.17, 15) is 19.7 Å². The summed E-state index contributed by atoms with van der Waals surface area (Å²) < 4.78 is 6.13. The minimum Gasteiger partial charge on any atom is -0.407 e. The first-order valence-electron chi connectivity index (χ1n) is 7.11. The second kappa shape index (κ2) is 6.67. The average molecular weight is 347 g/mol. The third-order valence-corrected chi connectivity index (χ3v) is 4.37. The zero-order chi connectivity index (χ0) is 17.1. The lowest BCUT2D eigenvalue weighted by Crippen LogP contribution is -2.32. The Morgan fingerprint density at radius 1 is 1.38 bits per heavy atom.